The van der Waals surface area contributed by atoms with Crippen molar-refractivity contribution >= 4 is 17.5 Å². The number of aliphatic hydroxyl groups excluding tert-OH is 1. The van der Waals surface area contributed by atoms with Crippen molar-refractivity contribution in [2.75, 3.05) is 6.61 Å². The molecule has 4 aliphatic rings. The first kappa shape index (κ1) is 20.1. The maximum atomic E-state index is 12.8. The number of esters is 1. The number of carbonyl (C=O) groups is 3. The molecule has 1 N–H and O–H groups in total. The van der Waals surface area contributed by atoms with Crippen molar-refractivity contribution in [3.8, 4) is 0 Å². The number of hydrogen-bond acceptors (Lipinski definition) is 5. The number of carbonyl (C=O) groups excluding carboxylic acids is 3. The molecule has 28 heavy (non-hydrogen) atoms. The van der Waals surface area contributed by atoms with E-state index in [4.69, 9.17) is 4.74 Å². The van der Waals surface area contributed by atoms with E-state index in [1.54, 1.807) is 0 Å². The molecule has 5 heteroatoms. The van der Waals surface area contributed by atoms with Crippen LogP contribution in [0, 0.1) is 40.4 Å². The van der Waals surface area contributed by atoms with Crippen LogP contribution in [0.25, 0.3) is 0 Å². The van der Waals surface area contributed by atoms with Crippen molar-refractivity contribution in [3.05, 3.63) is 0 Å². The van der Waals surface area contributed by atoms with Crippen LogP contribution >= 0.6 is 0 Å². The minimum atomic E-state index is -0.422. The summed E-state index contributed by atoms with van der Waals surface area (Å²) in [6.45, 7) is 5.67. The topological polar surface area (TPSA) is 80.7 Å². The molecule has 0 bridgehead atoms. The number of ketones is 2. The van der Waals surface area contributed by atoms with Crippen molar-refractivity contribution in [1.29, 1.82) is 0 Å². The molecule has 0 aliphatic heterocycles. The summed E-state index contributed by atoms with van der Waals surface area (Å²) in [7, 11) is 0. The highest BCUT2D eigenvalue weighted by molar-refractivity contribution is 5.85. The molecule has 4 saturated carbocycles. The van der Waals surface area contributed by atoms with Crippen LogP contribution in [0.5, 0.6) is 0 Å². The molecule has 8 unspecified atom stereocenters. The zero-order valence-corrected chi connectivity index (χ0v) is 17.4. The summed E-state index contributed by atoms with van der Waals surface area (Å²) in [5, 5.41) is 11.3. The van der Waals surface area contributed by atoms with E-state index in [0.29, 0.717) is 42.8 Å². The third kappa shape index (κ3) is 2.96. The van der Waals surface area contributed by atoms with Crippen molar-refractivity contribution in [1.82, 2.24) is 0 Å². The molecule has 4 fully saturated rings. The van der Waals surface area contributed by atoms with Gasteiger partial charge in [0.15, 0.2) is 5.78 Å². The van der Waals surface area contributed by atoms with Gasteiger partial charge in [-0.25, -0.2) is 0 Å². The number of ether oxygens (including phenoxy) is 1. The third-order valence-corrected chi connectivity index (χ3v) is 9.22. The van der Waals surface area contributed by atoms with Gasteiger partial charge >= 0.3 is 5.97 Å². The van der Waals surface area contributed by atoms with Gasteiger partial charge in [-0.2, -0.15) is 0 Å². The van der Waals surface area contributed by atoms with Gasteiger partial charge in [0.25, 0.3) is 0 Å². The molecular weight excluding hydrogens is 356 g/mol. The monoisotopic (exact) mass is 390 g/mol. The van der Waals surface area contributed by atoms with E-state index in [2.05, 4.69) is 13.8 Å². The van der Waals surface area contributed by atoms with Crippen molar-refractivity contribution < 1.29 is 24.2 Å². The molecule has 0 heterocycles. The van der Waals surface area contributed by atoms with Gasteiger partial charge in [0, 0.05) is 25.7 Å². The molecule has 8 atom stereocenters. The van der Waals surface area contributed by atoms with Crippen LogP contribution in [0.2, 0.25) is 0 Å². The average Bonchev–Trinajstić information content (AvgIpc) is 2.96. The Morgan fingerprint density at radius 1 is 1.14 bits per heavy atom. The van der Waals surface area contributed by atoms with E-state index < -0.39 is 12.1 Å². The maximum absolute atomic E-state index is 12.8. The SMILES string of the molecule is CC(=O)OCC(=O)C1CCC2C3CCC4CC(=O)CCC4(C)C3C(O)CC12C. The first-order valence-corrected chi connectivity index (χ1v) is 11.0. The van der Waals surface area contributed by atoms with E-state index in [9.17, 15) is 19.5 Å². The molecule has 0 aromatic heterocycles. The predicted octanol–water partition coefficient (Wildman–Crippen LogP) is 3.32. The normalized spacial score (nSPS) is 47.6. The van der Waals surface area contributed by atoms with Crippen LogP contribution in [-0.2, 0) is 19.1 Å². The number of rotatable bonds is 3. The van der Waals surface area contributed by atoms with E-state index in [0.717, 1.165) is 32.1 Å². The van der Waals surface area contributed by atoms with Crippen LogP contribution in [0.4, 0.5) is 0 Å². The largest absolute Gasteiger partial charge is 0.458 e. The number of aliphatic hydroxyl groups is 1. The second kappa shape index (κ2) is 6.93. The number of fused-ring (bicyclic) bond motifs is 5. The average molecular weight is 391 g/mol. The summed E-state index contributed by atoms with van der Waals surface area (Å²) >= 11 is 0. The first-order valence-electron chi connectivity index (χ1n) is 11.0. The standard InChI is InChI=1S/C23H34O5/c1-13(24)28-12-20(27)18-7-6-17-16-5-4-14-10-15(25)8-9-22(14,2)21(16)19(26)11-23(17,18)3/h14,16-19,21,26H,4-12H2,1-3H3. The summed E-state index contributed by atoms with van der Waals surface area (Å²) in [6.07, 6.45) is 6.41. The fourth-order valence-electron chi connectivity index (χ4n) is 7.97. The highest BCUT2D eigenvalue weighted by atomic mass is 16.5. The lowest BCUT2D eigenvalue weighted by Crippen LogP contribution is -2.59. The molecule has 0 saturated heterocycles. The Morgan fingerprint density at radius 3 is 2.61 bits per heavy atom. The van der Waals surface area contributed by atoms with Gasteiger partial charge in [-0.1, -0.05) is 13.8 Å². The quantitative estimate of drug-likeness (QED) is 0.748. The van der Waals surface area contributed by atoms with Gasteiger partial charge in [-0.15, -0.1) is 0 Å². The molecule has 0 aromatic rings. The molecule has 4 aliphatic carbocycles. The van der Waals surface area contributed by atoms with Crippen molar-refractivity contribution in [2.45, 2.75) is 78.2 Å². The lowest BCUT2D eigenvalue weighted by molar-refractivity contribution is -0.175. The predicted molar refractivity (Wildman–Crippen MR) is 103 cm³/mol. The lowest BCUT2D eigenvalue weighted by atomic mass is 9.44. The minimum Gasteiger partial charge on any atom is -0.458 e. The van der Waals surface area contributed by atoms with Crippen molar-refractivity contribution in [3.63, 3.8) is 0 Å². The van der Waals surface area contributed by atoms with Crippen LogP contribution < -0.4 is 0 Å². The first-order chi connectivity index (χ1) is 13.2. The molecule has 0 spiro atoms. The highest BCUT2D eigenvalue weighted by Crippen LogP contribution is 2.67. The summed E-state index contributed by atoms with van der Waals surface area (Å²) < 4.78 is 4.99. The zero-order chi connectivity index (χ0) is 20.3. The minimum absolute atomic E-state index is 0.00834. The Balaban J connectivity index is 1.58. The lowest BCUT2D eigenvalue weighted by Gasteiger charge is -2.61. The molecule has 0 aromatic carbocycles. The summed E-state index contributed by atoms with van der Waals surface area (Å²) in [5.41, 5.74) is -0.178. The third-order valence-electron chi connectivity index (χ3n) is 9.22. The molecular formula is C23H34O5. The van der Waals surface area contributed by atoms with Gasteiger partial charge in [0.2, 0.25) is 0 Å². The Bertz CT molecular complexity index is 686. The fourth-order valence-corrected chi connectivity index (χ4v) is 7.97. The Labute approximate surface area is 167 Å². The van der Waals surface area contributed by atoms with Crippen LogP contribution in [0.3, 0.4) is 0 Å². The molecule has 0 amide bonds. The molecule has 156 valence electrons. The van der Waals surface area contributed by atoms with E-state index in [1.165, 1.54) is 6.92 Å². The number of Topliss-reactive ketones (excluding diaryl/α,β-unsaturated/α-hetero) is 2. The summed E-state index contributed by atoms with van der Waals surface area (Å²) in [6, 6.07) is 0. The van der Waals surface area contributed by atoms with Crippen LogP contribution in [0.15, 0.2) is 0 Å². The van der Waals surface area contributed by atoms with E-state index in [1.807, 2.05) is 0 Å². The van der Waals surface area contributed by atoms with Gasteiger partial charge in [-0.3, -0.25) is 14.4 Å². The van der Waals surface area contributed by atoms with Crippen molar-refractivity contribution in [2.24, 2.45) is 40.4 Å². The van der Waals surface area contributed by atoms with Crippen LogP contribution in [-0.4, -0.2) is 35.4 Å². The van der Waals surface area contributed by atoms with Gasteiger partial charge < -0.3 is 9.84 Å². The second-order valence-electron chi connectivity index (χ2n) is 10.5. The zero-order valence-electron chi connectivity index (χ0n) is 17.4. The fraction of sp³-hybridized carbons (Fsp3) is 0.870. The molecule has 0 radical (unpaired) electrons. The Hall–Kier alpha value is -1.23. The summed E-state index contributed by atoms with van der Waals surface area (Å²) in [5.74, 6) is 1.33. The Morgan fingerprint density at radius 2 is 1.89 bits per heavy atom. The molecule has 4 rings (SSSR count). The smallest absolute Gasteiger partial charge is 0.303 e. The van der Waals surface area contributed by atoms with E-state index in [-0.39, 0.29) is 35.1 Å². The number of hydrogen-bond donors (Lipinski definition) is 1. The molecule has 5 nitrogen and oxygen atoms in total. The second-order valence-corrected chi connectivity index (χ2v) is 10.5. The van der Waals surface area contributed by atoms with Gasteiger partial charge in [0.1, 0.15) is 12.4 Å². The van der Waals surface area contributed by atoms with Gasteiger partial charge in [-0.05, 0) is 73.0 Å². The van der Waals surface area contributed by atoms with Crippen LogP contribution in [0.1, 0.15) is 72.1 Å². The Kier molecular flexibility index (Phi) is 4.96. The maximum Gasteiger partial charge on any atom is 0.303 e. The van der Waals surface area contributed by atoms with E-state index >= 15 is 0 Å². The summed E-state index contributed by atoms with van der Waals surface area (Å²) in [4.78, 5) is 36.0. The van der Waals surface area contributed by atoms with Gasteiger partial charge in [0.05, 0.1) is 6.10 Å². The highest BCUT2D eigenvalue weighted by Gasteiger charge is 2.63.